The minimum atomic E-state index is 0.136. The lowest BCUT2D eigenvalue weighted by Crippen LogP contribution is -1.90. The van der Waals surface area contributed by atoms with Gasteiger partial charge in [-0.3, -0.25) is 0 Å². The first-order valence-electron chi connectivity index (χ1n) is 4.27. The predicted molar refractivity (Wildman–Crippen MR) is 59.8 cm³/mol. The van der Waals surface area contributed by atoms with E-state index >= 15 is 0 Å². The fraction of sp³-hybridized carbons (Fsp3) is 0.0909. The number of anilines is 1. The van der Waals surface area contributed by atoms with Crippen LogP contribution in [-0.4, -0.2) is 5.11 Å². The first kappa shape index (κ1) is 9.16. The maximum atomic E-state index is 9.76. The van der Waals surface area contributed by atoms with E-state index in [0.29, 0.717) is 10.7 Å². The molecule has 0 saturated carbocycles. The van der Waals surface area contributed by atoms with E-state index in [1.54, 1.807) is 12.1 Å². The van der Waals surface area contributed by atoms with E-state index in [9.17, 15) is 5.11 Å². The van der Waals surface area contributed by atoms with Gasteiger partial charge >= 0.3 is 0 Å². The van der Waals surface area contributed by atoms with Gasteiger partial charge in [0.1, 0.15) is 5.75 Å². The molecule has 14 heavy (non-hydrogen) atoms. The Bertz CT molecular complexity index is 508. The molecule has 3 N–H and O–H groups in total. The highest BCUT2D eigenvalue weighted by Crippen LogP contribution is 2.34. The molecule has 0 aliphatic rings. The Morgan fingerprint density at radius 3 is 2.71 bits per heavy atom. The van der Waals surface area contributed by atoms with E-state index in [0.717, 1.165) is 16.3 Å². The van der Waals surface area contributed by atoms with Crippen LogP contribution in [0.4, 0.5) is 5.69 Å². The molecule has 0 bridgehead atoms. The van der Waals surface area contributed by atoms with Crippen molar-refractivity contribution in [3.63, 3.8) is 0 Å². The number of hydrogen-bond acceptors (Lipinski definition) is 2. The first-order valence-corrected chi connectivity index (χ1v) is 4.64. The number of aromatic hydroxyl groups is 1. The molecule has 0 fully saturated rings. The lowest BCUT2D eigenvalue weighted by Gasteiger charge is -2.07. The van der Waals surface area contributed by atoms with Gasteiger partial charge in [0, 0.05) is 10.4 Å². The number of phenolic OH excluding ortho intramolecular Hbond substituents is 1. The zero-order valence-electron chi connectivity index (χ0n) is 7.71. The second-order valence-electron chi connectivity index (χ2n) is 3.32. The lowest BCUT2D eigenvalue weighted by atomic mass is 10.0. The summed E-state index contributed by atoms with van der Waals surface area (Å²) in [5.41, 5.74) is 6.99. The number of phenols is 1. The molecule has 0 amide bonds. The average molecular weight is 208 g/mol. The highest BCUT2D eigenvalue weighted by Gasteiger charge is 2.06. The second kappa shape index (κ2) is 3.07. The Morgan fingerprint density at radius 1 is 1.29 bits per heavy atom. The Morgan fingerprint density at radius 2 is 2.00 bits per heavy atom. The third-order valence-electron chi connectivity index (χ3n) is 2.32. The number of halogens is 1. The number of fused-ring (bicyclic) bond motifs is 1. The fourth-order valence-electron chi connectivity index (χ4n) is 1.51. The summed E-state index contributed by atoms with van der Waals surface area (Å²) in [5.74, 6) is 0.136. The monoisotopic (exact) mass is 207 g/mol. The van der Waals surface area contributed by atoms with E-state index in [2.05, 4.69) is 0 Å². The normalized spacial score (nSPS) is 10.7. The van der Waals surface area contributed by atoms with Crippen LogP contribution in [0.1, 0.15) is 5.56 Å². The quantitative estimate of drug-likeness (QED) is 0.515. The molecule has 2 aromatic rings. The van der Waals surface area contributed by atoms with Gasteiger partial charge in [0.25, 0.3) is 0 Å². The molecular weight excluding hydrogens is 198 g/mol. The fourth-order valence-corrected chi connectivity index (χ4v) is 1.69. The zero-order valence-corrected chi connectivity index (χ0v) is 8.47. The first-order chi connectivity index (χ1) is 6.59. The van der Waals surface area contributed by atoms with Crippen molar-refractivity contribution >= 4 is 28.1 Å². The van der Waals surface area contributed by atoms with Gasteiger partial charge in [0.05, 0.1) is 5.69 Å². The SMILES string of the molecule is Cc1cc2cc(Cl)ccc2c(O)c1N. The van der Waals surface area contributed by atoms with E-state index in [-0.39, 0.29) is 5.75 Å². The summed E-state index contributed by atoms with van der Waals surface area (Å²) < 4.78 is 0. The van der Waals surface area contributed by atoms with Gasteiger partial charge in [0.2, 0.25) is 0 Å². The summed E-state index contributed by atoms with van der Waals surface area (Å²) >= 11 is 5.85. The van der Waals surface area contributed by atoms with Crippen LogP contribution in [0.2, 0.25) is 5.02 Å². The molecule has 0 aliphatic heterocycles. The highest BCUT2D eigenvalue weighted by molar-refractivity contribution is 6.31. The minimum Gasteiger partial charge on any atom is -0.505 e. The topological polar surface area (TPSA) is 46.2 Å². The molecule has 0 atom stereocenters. The van der Waals surface area contributed by atoms with Gasteiger partial charge in [0.15, 0.2) is 0 Å². The molecule has 0 aliphatic carbocycles. The smallest absolute Gasteiger partial charge is 0.146 e. The highest BCUT2D eigenvalue weighted by atomic mass is 35.5. The summed E-state index contributed by atoms with van der Waals surface area (Å²) in [7, 11) is 0. The standard InChI is InChI=1S/C11H10ClNO/c1-6-4-7-5-8(12)2-3-9(7)11(14)10(6)13/h2-5,14H,13H2,1H3. The number of nitrogens with two attached hydrogens (primary N) is 1. The van der Waals surface area contributed by atoms with Gasteiger partial charge in [-0.1, -0.05) is 11.6 Å². The van der Waals surface area contributed by atoms with Gasteiger partial charge in [-0.05, 0) is 42.1 Å². The molecule has 0 aromatic heterocycles. The van der Waals surface area contributed by atoms with Gasteiger partial charge in [-0.15, -0.1) is 0 Å². The van der Waals surface area contributed by atoms with E-state index in [4.69, 9.17) is 17.3 Å². The molecular formula is C11H10ClNO. The van der Waals surface area contributed by atoms with Crippen molar-refractivity contribution in [1.29, 1.82) is 0 Å². The molecule has 72 valence electrons. The third kappa shape index (κ3) is 1.28. The van der Waals surface area contributed by atoms with E-state index < -0.39 is 0 Å². The lowest BCUT2D eigenvalue weighted by molar-refractivity contribution is 0.484. The Balaban J connectivity index is 2.91. The Kier molecular flexibility index (Phi) is 2.01. The van der Waals surface area contributed by atoms with Gasteiger partial charge in [-0.2, -0.15) is 0 Å². The van der Waals surface area contributed by atoms with Crippen LogP contribution in [0.5, 0.6) is 5.75 Å². The third-order valence-corrected chi connectivity index (χ3v) is 2.56. The van der Waals surface area contributed by atoms with E-state index in [1.165, 1.54) is 0 Å². The molecule has 2 rings (SSSR count). The van der Waals surface area contributed by atoms with Gasteiger partial charge < -0.3 is 10.8 Å². The van der Waals surface area contributed by atoms with Crippen LogP contribution in [0.3, 0.4) is 0 Å². The van der Waals surface area contributed by atoms with E-state index in [1.807, 2.05) is 19.1 Å². The maximum Gasteiger partial charge on any atom is 0.146 e. The summed E-state index contributed by atoms with van der Waals surface area (Å²) in [5, 5.41) is 12.1. The Hall–Kier alpha value is -1.41. The van der Waals surface area contributed by atoms with Crippen molar-refractivity contribution in [3.05, 3.63) is 34.9 Å². The number of aryl methyl sites for hydroxylation is 1. The van der Waals surface area contributed by atoms with Crippen molar-refractivity contribution in [2.24, 2.45) is 0 Å². The number of benzene rings is 2. The maximum absolute atomic E-state index is 9.76. The molecule has 0 unspecified atom stereocenters. The van der Waals surface area contributed by atoms with Crippen molar-refractivity contribution in [1.82, 2.24) is 0 Å². The summed E-state index contributed by atoms with van der Waals surface area (Å²) in [6.07, 6.45) is 0. The molecule has 2 aromatic carbocycles. The number of rotatable bonds is 0. The van der Waals surface area contributed by atoms with Crippen molar-refractivity contribution in [3.8, 4) is 5.75 Å². The predicted octanol–water partition coefficient (Wildman–Crippen LogP) is 3.09. The minimum absolute atomic E-state index is 0.136. The second-order valence-corrected chi connectivity index (χ2v) is 3.76. The summed E-state index contributed by atoms with van der Waals surface area (Å²) in [4.78, 5) is 0. The van der Waals surface area contributed by atoms with Gasteiger partial charge in [-0.25, -0.2) is 0 Å². The van der Waals surface area contributed by atoms with Crippen molar-refractivity contribution in [2.45, 2.75) is 6.92 Å². The van der Waals surface area contributed by atoms with Crippen LogP contribution in [0.25, 0.3) is 10.8 Å². The largest absolute Gasteiger partial charge is 0.505 e. The number of hydrogen-bond donors (Lipinski definition) is 2. The van der Waals surface area contributed by atoms with Crippen LogP contribution in [0.15, 0.2) is 24.3 Å². The Labute approximate surface area is 86.9 Å². The van der Waals surface area contributed by atoms with Crippen LogP contribution in [0, 0.1) is 6.92 Å². The molecule has 0 radical (unpaired) electrons. The molecule has 3 heteroatoms. The molecule has 0 saturated heterocycles. The van der Waals surface area contributed by atoms with Crippen LogP contribution >= 0.6 is 11.6 Å². The summed E-state index contributed by atoms with van der Waals surface area (Å²) in [6, 6.07) is 7.22. The van der Waals surface area contributed by atoms with Crippen LogP contribution < -0.4 is 5.73 Å². The molecule has 0 spiro atoms. The average Bonchev–Trinajstić information content (AvgIpc) is 2.14. The van der Waals surface area contributed by atoms with Crippen molar-refractivity contribution in [2.75, 3.05) is 5.73 Å². The summed E-state index contributed by atoms with van der Waals surface area (Å²) in [6.45, 7) is 1.86. The molecule has 0 heterocycles. The number of nitrogen functional groups attached to an aromatic ring is 1. The van der Waals surface area contributed by atoms with Crippen molar-refractivity contribution < 1.29 is 5.11 Å². The van der Waals surface area contributed by atoms with Crippen LogP contribution in [-0.2, 0) is 0 Å². The molecule has 2 nitrogen and oxygen atoms in total. The zero-order chi connectivity index (χ0) is 10.3.